The third-order valence-electron chi connectivity index (χ3n) is 5.99. The molecule has 2 heterocycles. The van der Waals surface area contributed by atoms with Crippen molar-refractivity contribution in [3.63, 3.8) is 0 Å². The van der Waals surface area contributed by atoms with E-state index in [-0.39, 0.29) is 11.9 Å². The lowest BCUT2D eigenvalue weighted by atomic mass is 10.1. The highest BCUT2D eigenvalue weighted by atomic mass is 32.2. The third kappa shape index (κ3) is 6.31. The minimum absolute atomic E-state index is 0.0247. The molecule has 1 saturated heterocycles. The fourth-order valence-electron chi connectivity index (χ4n) is 3.99. The van der Waals surface area contributed by atoms with Crippen LogP contribution in [0.4, 0.5) is 13.2 Å². The van der Waals surface area contributed by atoms with Gasteiger partial charge >= 0.3 is 6.18 Å². The molecule has 0 amide bonds. The number of rotatable bonds is 8. The molecule has 1 atom stereocenters. The number of ether oxygens (including phenoxy) is 1. The molecule has 4 rings (SSSR count). The molecule has 3 aromatic rings. The van der Waals surface area contributed by atoms with Crippen LogP contribution in [0, 0.1) is 0 Å². The second-order valence-corrected chi connectivity index (χ2v) is 9.54. The maximum Gasteiger partial charge on any atom is 0.416 e. The van der Waals surface area contributed by atoms with Crippen LogP contribution in [0.25, 0.3) is 11.4 Å². The first-order chi connectivity index (χ1) is 16.7. The number of benzene rings is 2. The number of thioether (sulfide) groups is 1. The molecule has 6 nitrogen and oxygen atoms in total. The monoisotopic (exact) mass is 504 g/mol. The zero-order valence-corrected chi connectivity index (χ0v) is 20.4. The number of ketones is 1. The third-order valence-corrected chi connectivity index (χ3v) is 7.10. The van der Waals surface area contributed by atoms with Gasteiger partial charge in [-0.2, -0.15) is 13.2 Å². The molecule has 1 aromatic heterocycles. The Kier molecular flexibility index (Phi) is 7.93. The van der Waals surface area contributed by atoms with Gasteiger partial charge in [-0.05, 0) is 37.6 Å². The van der Waals surface area contributed by atoms with Crippen LogP contribution in [-0.2, 0) is 18.0 Å². The van der Waals surface area contributed by atoms with Gasteiger partial charge in [0.15, 0.2) is 16.8 Å². The van der Waals surface area contributed by atoms with Crippen LogP contribution in [0.15, 0.2) is 53.7 Å². The molecule has 0 N–H and O–H groups in total. The first-order valence-electron chi connectivity index (χ1n) is 11.4. The lowest BCUT2D eigenvalue weighted by Gasteiger charge is -2.33. The zero-order chi connectivity index (χ0) is 25.0. The lowest BCUT2D eigenvalue weighted by molar-refractivity contribution is -0.137. The molecule has 1 fully saturated rings. The van der Waals surface area contributed by atoms with Crippen LogP contribution in [0.5, 0.6) is 0 Å². The summed E-state index contributed by atoms with van der Waals surface area (Å²) < 4.78 is 46.2. The summed E-state index contributed by atoms with van der Waals surface area (Å²) in [6.45, 7) is 4.41. The summed E-state index contributed by atoms with van der Waals surface area (Å²) in [6.07, 6.45) is -3.63. The van der Waals surface area contributed by atoms with Crippen LogP contribution in [0.1, 0.15) is 40.9 Å². The van der Waals surface area contributed by atoms with Crippen molar-refractivity contribution in [3.05, 3.63) is 65.2 Å². The van der Waals surface area contributed by atoms with Gasteiger partial charge in [-0.15, -0.1) is 10.2 Å². The van der Waals surface area contributed by atoms with Gasteiger partial charge in [0.25, 0.3) is 0 Å². The normalized spacial score (nSPS) is 17.0. The number of alkyl halides is 3. The number of aromatic nitrogens is 3. The highest BCUT2D eigenvalue weighted by Crippen LogP contribution is 2.31. The fourth-order valence-corrected chi connectivity index (χ4v) is 4.83. The number of carbonyl (C=O) groups excluding carboxylic acids is 1. The van der Waals surface area contributed by atoms with Gasteiger partial charge in [0, 0.05) is 37.0 Å². The maximum absolute atomic E-state index is 12.8. The molecular weight excluding hydrogens is 477 g/mol. The summed E-state index contributed by atoms with van der Waals surface area (Å²) >= 11 is 1.63. The Labute approximate surface area is 206 Å². The standard InChI is InChI=1S/C25H27F3N4O2S/c1-17(33)18-4-6-20(7-5-18)23-29-30-24(31(23)2)35-15-3-12-32-13-14-34-22(16-32)19-8-10-21(11-9-19)25(26,27)28/h4-11,22H,3,12-16H2,1-2H3. The quantitative estimate of drug-likeness (QED) is 0.237. The van der Waals surface area contributed by atoms with E-state index >= 15 is 0 Å². The van der Waals surface area contributed by atoms with Crippen molar-refractivity contribution in [1.29, 1.82) is 0 Å². The Morgan fingerprint density at radius 2 is 1.83 bits per heavy atom. The van der Waals surface area contributed by atoms with Crippen molar-refractivity contribution < 1.29 is 22.7 Å². The molecule has 0 spiro atoms. The van der Waals surface area contributed by atoms with Gasteiger partial charge in [-0.1, -0.05) is 48.2 Å². The summed E-state index contributed by atoms with van der Waals surface area (Å²) in [5.41, 5.74) is 1.68. The molecule has 0 saturated carbocycles. The average Bonchev–Trinajstić information content (AvgIpc) is 3.21. The minimum atomic E-state index is -4.33. The molecule has 10 heteroatoms. The summed E-state index contributed by atoms with van der Waals surface area (Å²) in [6, 6.07) is 12.6. The number of nitrogens with zero attached hydrogens (tertiary/aromatic N) is 4. The number of hydrogen-bond acceptors (Lipinski definition) is 6. The molecule has 1 unspecified atom stereocenters. The van der Waals surface area contributed by atoms with E-state index in [1.54, 1.807) is 23.9 Å². The number of carbonyl (C=O) groups is 1. The Hall–Kier alpha value is -2.69. The van der Waals surface area contributed by atoms with E-state index in [1.165, 1.54) is 19.1 Å². The van der Waals surface area contributed by atoms with Crippen LogP contribution < -0.4 is 0 Å². The first-order valence-corrected chi connectivity index (χ1v) is 12.4. The fraction of sp³-hybridized carbons (Fsp3) is 0.400. The molecule has 0 aliphatic carbocycles. The van der Waals surface area contributed by atoms with Gasteiger partial charge in [0.2, 0.25) is 0 Å². The van der Waals surface area contributed by atoms with Crippen molar-refractivity contribution in [2.75, 3.05) is 32.0 Å². The molecule has 2 aromatic carbocycles. The summed E-state index contributed by atoms with van der Waals surface area (Å²) in [4.78, 5) is 13.8. The summed E-state index contributed by atoms with van der Waals surface area (Å²) in [5.74, 6) is 1.63. The molecule has 1 aliphatic heterocycles. The lowest BCUT2D eigenvalue weighted by Crippen LogP contribution is -2.39. The predicted molar refractivity (Wildman–Crippen MR) is 128 cm³/mol. The second-order valence-electron chi connectivity index (χ2n) is 8.48. The van der Waals surface area contributed by atoms with Gasteiger partial charge < -0.3 is 9.30 Å². The van der Waals surface area contributed by atoms with E-state index < -0.39 is 11.7 Å². The van der Waals surface area contributed by atoms with Crippen molar-refractivity contribution in [1.82, 2.24) is 19.7 Å². The van der Waals surface area contributed by atoms with E-state index in [4.69, 9.17) is 4.74 Å². The van der Waals surface area contributed by atoms with Crippen molar-refractivity contribution >= 4 is 17.5 Å². The van der Waals surface area contributed by atoms with Crippen LogP contribution in [0.2, 0.25) is 0 Å². The van der Waals surface area contributed by atoms with E-state index in [2.05, 4.69) is 15.1 Å². The average molecular weight is 505 g/mol. The van der Waals surface area contributed by atoms with Gasteiger partial charge in [0.1, 0.15) is 0 Å². The van der Waals surface area contributed by atoms with Crippen molar-refractivity contribution in [2.24, 2.45) is 7.05 Å². The number of Topliss-reactive ketones (excluding diaryl/α,β-unsaturated/α-hetero) is 1. The Morgan fingerprint density at radius 1 is 1.11 bits per heavy atom. The number of halogens is 3. The van der Waals surface area contributed by atoms with Gasteiger partial charge in [-0.25, -0.2) is 0 Å². The molecule has 35 heavy (non-hydrogen) atoms. The molecule has 0 bridgehead atoms. The van der Waals surface area contributed by atoms with Gasteiger partial charge in [-0.3, -0.25) is 9.69 Å². The molecular formula is C25H27F3N4O2S. The highest BCUT2D eigenvalue weighted by molar-refractivity contribution is 7.99. The first kappa shape index (κ1) is 25.4. The molecule has 0 radical (unpaired) electrons. The van der Waals surface area contributed by atoms with Crippen molar-refractivity contribution in [3.8, 4) is 11.4 Å². The highest BCUT2D eigenvalue weighted by Gasteiger charge is 2.30. The number of morpholine rings is 1. The predicted octanol–water partition coefficient (Wildman–Crippen LogP) is 5.26. The second kappa shape index (κ2) is 10.9. The van der Waals surface area contributed by atoms with Gasteiger partial charge in [0.05, 0.1) is 18.3 Å². The molecule has 186 valence electrons. The Bertz CT molecular complexity index is 1150. The van der Waals surface area contributed by atoms with E-state index in [0.29, 0.717) is 18.7 Å². The minimum Gasteiger partial charge on any atom is -0.371 e. The molecule has 1 aliphatic rings. The van der Waals surface area contributed by atoms with Crippen molar-refractivity contribution in [2.45, 2.75) is 30.8 Å². The summed E-state index contributed by atoms with van der Waals surface area (Å²) in [7, 11) is 1.92. The maximum atomic E-state index is 12.8. The van der Waals surface area contributed by atoms with E-state index in [0.717, 1.165) is 59.5 Å². The Morgan fingerprint density at radius 3 is 2.49 bits per heavy atom. The van der Waals surface area contributed by atoms with E-state index in [9.17, 15) is 18.0 Å². The smallest absolute Gasteiger partial charge is 0.371 e. The topological polar surface area (TPSA) is 60.3 Å². The largest absolute Gasteiger partial charge is 0.416 e. The van der Waals surface area contributed by atoms with Crippen LogP contribution in [-0.4, -0.2) is 57.4 Å². The SMILES string of the molecule is CC(=O)c1ccc(-c2nnc(SCCCN3CCOC(c4ccc(C(F)(F)F)cc4)C3)n2C)cc1. The van der Waals surface area contributed by atoms with Crippen LogP contribution >= 0.6 is 11.8 Å². The summed E-state index contributed by atoms with van der Waals surface area (Å²) in [5, 5.41) is 9.43. The zero-order valence-electron chi connectivity index (χ0n) is 19.6. The Balaban J connectivity index is 1.26. The number of hydrogen-bond donors (Lipinski definition) is 0. The van der Waals surface area contributed by atoms with E-state index in [1.807, 2.05) is 23.7 Å². The van der Waals surface area contributed by atoms with Crippen LogP contribution in [0.3, 0.4) is 0 Å².